The van der Waals surface area contributed by atoms with Crippen molar-refractivity contribution in [3.63, 3.8) is 0 Å². The minimum Gasteiger partial charge on any atom is -0.493 e. The summed E-state index contributed by atoms with van der Waals surface area (Å²) in [6.45, 7) is 2.45. The largest absolute Gasteiger partial charge is 0.493 e. The van der Waals surface area contributed by atoms with Gasteiger partial charge < -0.3 is 23.9 Å². The second kappa shape index (κ2) is 7.33. The van der Waals surface area contributed by atoms with E-state index in [1.165, 1.54) is 4.90 Å². The molecular weight excluding hydrogens is 330 g/mol. The zero-order valence-electron chi connectivity index (χ0n) is 13.8. The van der Waals surface area contributed by atoms with Crippen molar-refractivity contribution in [3.8, 4) is 23.0 Å². The van der Waals surface area contributed by atoms with Gasteiger partial charge in [0.15, 0.2) is 18.2 Å². The summed E-state index contributed by atoms with van der Waals surface area (Å²) in [4.78, 5) is 1.68. The highest BCUT2D eigenvalue weighted by Gasteiger charge is 2.21. The lowest BCUT2D eigenvalue weighted by Crippen LogP contribution is -3.12. The number of rotatable bonds is 5. The number of nitrogens with zero attached hydrogens (tertiary/aromatic N) is 2. The summed E-state index contributed by atoms with van der Waals surface area (Å²) in [7, 11) is 3.18. The van der Waals surface area contributed by atoms with Crippen LogP contribution in [0.25, 0.3) is 11.5 Å². The topological polar surface area (TPSA) is 74.1 Å². The maximum atomic E-state index is 9.60. The van der Waals surface area contributed by atoms with E-state index in [1.807, 2.05) is 18.2 Å². The van der Waals surface area contributed by atoms with E-state index in [9.17, 15) is 5.11 Å². The third-order valence-corrected chi connectivity index (χ3v) is 4.57. The molecule has 0 saturated carbocycles. The molecule has 2 N–H and O–H groups in total. The van der Waals surface area contributed by atoms with Gasteiger partial charge in [-0.2, -0.15) is 4.68 Å². The number of quaternary nitrogens is 1. The molecule has 130 valence electrons. The second-order valence-electron chi connectivity index (χ2n) is 5.88. The highest BCUT2D eigenvalue weighted by atomic mass is 32.1. The molecule has 7 nitrogen and oxygen atoms in total. The van der Waals surface area contributed by atoms with Crippen LogP contribution < -0.4 is 14.4 Å². The van der Waals surface area contributed by atoms with Crippen molar-refractivity contribution in [2.45, 2.75) is 25.6 Å². The first-order valence-corrected chi connectivity index (χ1v) is 8.33. The standard InChI is InChI=1S/C16H21N3O4S/c1-21-13-4-3-11(9-14(13)22-2)15-17-19(16(24)23-15)10-18-7-5-12(20)6-8-18/h3-4,9,12,20H,5-8,10H2,1-2H3/p+1. The Bertz CT molecular complexity index is 750. The molecule has 0 bridgehead atoms. The summed E-state index contributed by atoms with van der Waals surface area (Å²) >= 11 is 5.29. The predicted molar refractivity (Wildman–Crippen MR) is 89.8 cm³/mol. The van der Waals surface area contributed by atoms with Crippen LogP contribution in [0.1, 0.15) is 12.8 Å². The molecule has 1 aromatic heterocycles. The molecule has 0 spiro atoms. The molecule has 1 aliphatic heterocycles. The first kappa shape index (κ1) is 16.9. The van der Waals surface area contributed by atoms with Crippen LogP contribution in [0.5, 0.6) is 11.5 Å². The van der Waals surface area contributed by atoms with E-state index in [2.05, 4.69) is 5.10 Å². The number of likely N-dealkylation sites (tertiary alicyclic amines) is 1. The molecule has 0 amide bonds. The summed E-state index contributed by atoms with van der Waals surface area (Å²) in [5, 5.41) is 14.1. The average Bonchev–Trinajstić information content (AvgIpc) is 2.97. The van der Waals surface area contributed by atoms with E-state index in [-0.39, 0.29) is 6.10 Å². The maximum absolute atomic E-state index is 9.60. The number of methoxy groups -OCH3 is 2. The summed E-state index contributed by atoms with van der Waals surface area (Å²) in [6.07, 6.45) is 1.44. The van der Waals surface area contributed by atoms with E-state index in [0.717, 1.165) is 31.5 Å². The smallest absolute Gasteiger partial charge is 0.292 e. The van der Waals surface area contributed by atoms with Gasteiger partial charge in [-0.15, -0.1) is 5.10 Å². The monoisotopic (exact) mass is 352 g/mol. The number of nitrogens with one attached hydrogen (secondary N) is 1. The Hall–Kier alpha value is -1.90. The van der Waals surface area contributed by atoms with E-state index in [1.54, 1.807) is 18.9 Å². The molecule has 0 atom stereocenters. The third kappa shape index (κ3) is 3.61. The Balaban J connectivity index is 1.80. The van der Waals surface area contributed by atoms with Gasteiger partial charge in [0.25, 0.3) is 4.84 Å². The molecular formula is C16H22N3O4S+. The highest BCUT2D eigenvalue weighted by Crippen LogP contribution is 2.31. The van der Waals surface area contributed by atoms with Crippen LogP contribution in [0, 0.1) is 4.84 Å². The van der Waals surface area contributed by atoms with Gasteiger partial charge in [0.2, 0.25) is 5.89 Å². The Morgan fingerprint density at radius 3 is 2.67 bits per heavy atom. The highest BCUT2D eigenvalue weighted by molar-refractivity contribution is 7.71. The molecule has 0 radical (unpaired) electrons. The van der Waals surface area contributed by atoms with Crippen molar-refractivity contribution in [1.29, 1.82) is 0 Å². The quantitative estimate of drug-likeness (QED) is 0.779. The van der Waals surface area contributed by atoms with E-state index in [0.29, 0.717) is 28.9 Å². The van der Waals surface area contributed by atoms with Crippen molar-refractivity contribution in [1.82, 2.24) is 9.78 Å². The van der Waals surface area contributed by atoms with E-state index < -0.39 is 0 Å². The minimum absolute atomic E-state index is 0.179. The number of hydrogen-bond donors (Lipinski definition) is 2. The van der Waals surface area contributed by atoms with E-state index in [4.69, 9.17) is 26.1 Å². The van der Waals surface area contributed by atoms with Crippen LogP contribution in [0.4, 0.5) is 0 Å². The molecule has 2 heterocycles. The van der Waals surface area contributed by atoms with Gasteiger partial charge in [0.05, 0.1) is 33.4 Å². The van der Waals surface area contributed by atoms with Crippen LogP contribution in [0.15, 0.2) is 22.6 Å². The van der Waals surface area contributed by atoms with Gasteiger partial charge >= 0.3 is 0 Å². The molecule has 2 aromatic rings. The van der Waals surface area contributed by atoms with Gasteiger partial charge in [-0.05, 0) is 30.4 Å². The molecule has 0 aliphatic carbocycles. The lowest BCUT2D eigenvalue weighted by atomic mass is 10.1. The first-order valence-electron chi connectivity index (χ1n) is 7.92. The SMILES string of the molecule is COc1ccc(-c2nn(C[NH+]3CCC(O)CC3)c(=S)o2)cc1OC. The van der Waals surface area contributed by atoms with Crippen LogP contribution in [0.2, 0.25) is 0 Å². The van der Waals surface area contributed by atoms with Gasteiger partial charge in [0.1, 0.15) is 0 Å². The summed E-state index contributed by atoms with van der Waals surface area (Å²) in [5.74, 6) is 1.72. The Morgan fingerprint density at radius 1 is 1.29 bits per heavy atom. The summed E-state index contributed by atoms with van der Waals surface area (Å²) in [6, 6.07) is 5.48. The van der Waals surface area contributed by atoms with Crippen molar-refractivity contribution in [3.05, 3.63) is 23.0 Å². The van der Waals surface area contributed by atoms with Crippen molar-refractivity contribution < 1.29 is 23.9 Å². The lowest BCUT2D eigenvalue weighted by Gasteiger charge is -2.25. The summed E-state index contributed by atoms with van der Waals surface area (Å²) < 4.78 is 17.9. The molecule has 8 heteroatoms. The van der Waals surface area contributed by atoms with Gasteiger partial charge in [-0.1, -0.05) is 0 Å². The molecule has 1 fully saturated rings. The number of ether oxygens (including phenoxy) is 2. The average molecular weight is 352 g/mol. The number of benzene rings is 1. The van der Waals surface area contributed by atoms with Gasteiger partial charge in [-0.25, -0.2) is 0 Å². The number of piperidine rings is 1. The van der Waals surface area contributed by atoms with Gasteiger partial charge in [-0.3, -0.25) is 0 Å². The normalized spacial score (nSPS) is 20.8. The van der Waals surface area contributed by atoms with E-state index >= 15 is 0 Å². The van der Waals surface area contributed by atoms with Crippen molar-refractivity contribution >= 4 is 12.2 Å². The predicted octanol–water partition coefficient (Wildman–Crippen LogP) is 0.887. The van der Waals surface area contributed by atoms with Gasteiger partial charge in [0, 0.05) is 18.4 Å². The Morgan fingerprint density at radius 2 is 2.00 bits per heavy atom. The van der Waals surface area contributed by atoms with Crippen molar-refractivity contribution in [2.75, 3.05) is 27.3 Å². The third-order valence-electron chi connectivity index (χ3n) is 4.27. The Kier molecular flexibility index (Phi) is 5.17. The Labute approximate surface area is 145 Å². The molecule has 24 heavy (non-hydrogen) atoms. The number of aliphatic hydroxyl groups is 1. The van der Waals surface area contributed by atoms with Crippen LogP contribution in [-0.4, -0.2) is 48.3 Å². The van der Waals surface area contributed by atoms with Crippen LogP contribution >= 0.6 is 12.2 Å². The fourth-order valence-electron chi connectivity index (χ4n) is 2.87. The molecule has 3 rings (SSSR count). The second-order valence-corrected chi connectivity index (χ2v) is 6.23. The minimum atomic E-state index is -0.179. The fourth-order valence-corrected chi connectivity index (χ4v) is 3.06. The fraction of sp³-hybridized carbons (Fsp3) is 0.500. The van der Waals surface area contributed by atoms with Crippen molar-refractivity contribution in [2.24, 2.45) is 0 Å². The maximum Gasteiger partial charge on any atom is 0.292 e. The molecule has 1 aromatic carbocycles. The number of aromatic nitrogens is 2. The molecule has 1 saturated heterocycles. The lowest BCUT2D eigenvalue weighted by molar-refractivity contribution is -0.929. The number of hydrogen-bond acceptors (Lipinski definition) is 6. The molecule has 0 unspecified atom stereocenters. The first-order chi connectivity index (χ1) is 11.6. The number of aliphatic hydroxyl groups excluding tert-OH is 1. The zero-order chi connectivity index (χ0) is 17.1. The summed E-state index contributed by atoms with van der Waals surface area (Å²) in [5.41, 5.74) is 0.779. The van der Waals surface area contributed by atoms with Crippen LogP contribution in [0.3, 0.4) is 0 Å². The van der Waals surface area contributed by atoms with Crippen LogP contribution in [-0.2, 0) is 6.67 Å². The zero-order valence-corrected chi connectivity index (χ0v) is 14.6. The molecule has 1 aliphatic rings.